The lowest BCUT2D eigenvalue weighted by Gasteiger charge is -2.44. The van der Waals surface area contributed by atoms with Gasteiger partial charge in [0.05, 0.1) is 11.5 Å². The van der Waals surface area contributed by atoms with Gasteiger partial charge in [0.2, 0.25) is 11.8 Å². The zero-order chi connectivity index (χ0) is 26.0. The fourth-order valence-electron chi connectivity index (χ4n) is 5.04. The number of rotatable bonds is 5. The lowest BCUT2D eigenvalue weighted by atomic mass is 9.61. The Balaban J connectivity index is 1.78. The second-order valence-corrected chi connectivity index (χ2v) is 9.68. The van der Waals surface area contributed by atoms with E-state index in [2.05, 4.69) is 10.6 Å². The van der Waals surface area contributed by atoms with Crippen LogP contribution in [0.15, 0.2) is 72.8 Å². The van der Waals surface area contributed by atoms with Gasteiger partial charge in [0, 0.05) is 23.7 Å². The molecule has 7 nitrogen and oxygen atoms in total. The monoisotopic (exact) mass is 486 g/mol. The van der Waals surface area contributed by atoms with Crippen molar-refractivity contribution < 1.29 is 24.6 Å². The molecule has 0 aliphatic heterocycles. The van der Waals surface area contributed by atoms with Crippen LogP contribution in [0.1, 0.15) is 36.0 Å². The number of hydrogen-bond acceptors (Lipinski definition) is 5. The van der Waals surface area contributed by atoms with Crippen molar-refractivity contribution in [2.75, 3.05) is 10.6 Å². The molecule has 0 unspecified atom stereocenters. The van der Waals surface area contributed by atoms with Crippen molar-refractivity contribution in [3.8, 4) is 5.75 Å². The van der Waals surface area contributed by atoms with E-state index >= 15 is 0 Å². The predicted molar refractivity (Wildman–Crippen MR) is 138 cm³/mol. The molecule has 1 aliphatic carbocycles. The Hall–Kier alpha value is -3.97. The summed E-state index contributed by atoms with van der Waals surface area (Å²) in [6.45, 7) is 5.16. The number of aromatic hydroxyl groups is 1. The first-order valence-electron chi connectivity index (χ1n) is 11.9. The fraction of sp³-hybridized carbons (Fsp3) is 0.276. The third-order valence-electron chi connectivity index (χ3n) is 6.92. The molecule has 0 spiro atoms. The molecule has 3 aromatic carbocycles. The van der Waals surface area contributed by atoms with Crippen LogP contribution in [0.5, 0.6) is 5.75 Å². The lowest BCUT2D eigenvalue weighted by Crippen LogP contribution is -2.56. The lowest BCUT2D eigenvalue weighted by molar-refractivity contribution is -0.150. The number of para-hydroxylation sites is 2. The van der Waals surface area contributed by atoms with Gasteiger partial charge in [-0.3, -0.25) is 14.4 Å². The highest BCUT2D eigenvalue weighted by molar-refractivity contribution is 6.10. The number of carbonyl (C=O) groups is 3. The van der Waals surface area contributed by atoms with E-state index in [1.54, 1.807) is 36.4 Å². The van der Waals surface area contributed by atoms with E-state index in [4.69, 9.17) is 0 Å². The van der Waals surface area contributed by atoms with Gasteiger partial charge < -0.3 is 20.8 Å². The highest BCUT2D eigenvalue weighted by atomic mass is 16.3. The average molecular weight is 487 g/mol. The van der Waals surface area contributed by atoms with Gasteiger partial charge in [0.1, 0.15) is 17.5 Å². The first kappa shape index (κ1) is 25.1. The van der Waals surface area contributed by atoms with E-state index < -0.39 is 41.0 Å². The molecular weight excluding hydrogens is 456 g/mol. The molecule has 7 heteroatoms. The van der Waals surface area contributed by atoms with Crippen LogP contribution in [-0.2, 0) is 14.4 Å². The Morgan fingerprint density at radius 3 is 1.86 bits per heavy atom. The number of aliphatic hydroxyl groups is 1. The topological polar surface area (TPSA) is 116 Å². The van der Waals surface area contributed by atoms with E-state index in [1.807, 2.05) is 38.1 Å². The Morgan fingerprint density at radius 2 is 1.33 bits per heavy atom. The number of amides is 2. The highest BCUT2D eigenvalue weighted by Crippen LogP contribution is 2.47. The summed E-state index contributed by atoms with van der Waals surface area (Å²) in [5, 5.41) is 26.9. The van der Waals surface area contributed by atoms with Crippen molar-refractivity contribution in [3.05, 3.63) is 89.5 Å². The van der Waals surface area contributed by atoms with Crippen LogP contribution < -0.4 is 10.6 Å². The number of benzene rings is 3. The minimum absolute atomic E-state index is 0.00877. The summed E-state index contributed by atoms with van der Waals surface area (Å²) in [5.74, 6) is -4.78. The molecule has 1 fully saturated rings. The standard InChI is InChI=1S/C29H30N2O5/c1-17-8-4-6-10-21(17)30-27(34)25-23(33)16-29(3,36)26(24(25)19-12-14-20(32)15-13-19)28(35)31-22-11-7-5-9-18(22)2/h4-15,24-26,32,36H,16H2,1-3H3,(H,30,34)(H,31,35)/t24-,25+,26+,29-/m0/s1. The Kier molecular flexibility index (Phi) is 6.95. The fourth-order valence-corrected chi connectivity index (χ4v) is 5.04. The predicted octanol–water partition coefficient (Wildman–Crippen LogP) is 4.33. The van der Waals surface area contributed by atoms with E-state index in [0.29, 0.717) is 16.9 Å². The minimum atomic E-state index is -1.70. The molecule has 36 heavy (non-hydrogen) atoms. The van der Waals surface area contributed by atoms with Crippen LogP contribution in [0.2, 0.25) is 0 Å². The first-order chi connectivity index (χ1) is 17.1. The summed E-state index contributed by atoms with van der Waals surface area (Å²) in [4.78, 5) is 40.6. The molecular formula is C29H30N2O5. The number of hydrogen-bond donors (Lipinski definition) is 4. The summed E-state index contributed by atoms with van der Waals surface area (Å²) in [5.41, 5.74) is 1.62. The molecule has 2 amide bonds. The number of carbonyl (C=O) groups excluding carboxylic acids is 3. The van der Waals surface area contributed by atoms with Crippen molar-refractivity contribution >= 4 is 29.0 Å². The van der Waals surface area contributed by atoms with Gasteiger partial charge in [-0.25, -0.2) is 0 Å². The summed E-state index contributed by atoms with van der Waals surface area (Å²) in [7, 11) is 0. The van der Waals surface area contributed by atoms with E-state index in [1.165, 1.54) is 19.1 Å². The molecule has 1 aliphatic rings. The number of aryl methyl sites for hydroxylation is 2. The van der Waals surface area contributed by atoms with Crippen molar-refractivity contribution in [1.82, 2.24) is 0 Å². The maximum atomic E-state index is 13.7. The van der Waals surface area contributed by atoms with Gasteiger partial charge in [-0.2, -0.15) is 0 Å². The first-order valence-corrected chi connectivity index (χ1v) is 11.9. The molecule has 186 valence electrons. The molecule has 0 heterocycles. The van der Waals surface area contributed by atoms with E-state index in [-0.39, 0.29) is 12.2 Å². The number of anilines is 2. The zero-order valence-corrected chi connectivity index (χ0v) is 20.5. The quantitative estimate of drug-likeness (QED) is 0.401. The number of nitrogens with one attached hydrogen (secondary N) is 2. The molecule has 0 aromatic heterocycles. The van der Waals surface area contributed by atoms with Gasteiger partial charge in [-0.05, 0) is 61.7 Å². The van der Waals surface area contributed by atoms with Crippen LogP contribution in [-0.4, -0.2) is 33.4 Å². The number of phenols is 1. The van der Waals surface area contributed by atoms with E-state index in [0.717, 1.165) is 11.1 Å². The number of Topliss-reactive ketones (excluding diaryl/α,β-unsaturated/α-hetero) is 1. The highest BCUT2D eigenvalue weighted by Gasteiger charge is 2.56. The largest absolute Gasteiger partial charge is 0.508 e. The van der Waals surface area contributed by atoms with Crippen molar-refractivity contribution in [2.45, 2.75) is 38.7 Å². The molecule has 4 rings (SSSR count). The minimum Gasteiger partial charge on any atom is -0.508 e. The van der Waals surface area contributed by atoms with Gasteiger partial charge in [0.15, 0.2) is 0 Å². The van der Waals surface area contributed by atoms with Gasteiger partial charge in [-0.1, -0.05) is 48.5 Å². The van der Waals surface area contributed by atoms with E-state index in [9.17, 15) is 24.6 Å². The number of ketones is 1. The smallest absolute Gasteiger partial charge is 0.235 e. The maximum absolute atomic E-state index is 13.7. The van der Waals surface area contributed by atoms with Gasteiger partial charge in [0.25, 0.3) is 0 Å². The zero-order valence-electron chi connectivity index (χ0n) is 20.5. The van der Waals surface area contributed by atoms with Crippen LogP contribution >= 0.6 is 0 Å². The van der Waals surface area contributed by atoms with Gasteiger partial charge >= 0.3 is 0 Å². The molecule has 0 saturated heterocycles. The second kappa shape index (κ2) is 9.95. The normalized spacial score (nSPS) is 23.7. The van der Waals surface area contributed by atoms with Gasteiger partial charge in [-0.15, -0.1) is 0 Å². The summed E-state index contributed by atoms with van der Waals surface area (Å²) < 4.78 is 0. The maximum Gasteiger partial charge on any atom is 0.235 e. The van der Waals surface area contributed by atoms with Crippen LogP contribution in [0.3, 0.4) is 0 Å². The average Bonchev–Trinajstić information content (AvgIpc) is 2.81. The SMILES string of the molecule is Cc1ccccc1NC(=O)[C@@H]1C(=O)C[C@](C)(O)[C@@H](C(=O)Nc2ccccc2C)[C@H]1c1ccc(O)cc1. The third-order valence-corrected chi connectivity index (χ3v) is 6.92. The Morgan fingerprint density at radius 1 is 0.833 bits per heavy atom. The third kappa shape index (κ3) is 5.02. The molecule has 4 N–H and O–H groups in total. The van der Waals surface area contributed by atoms with Crippen molar-refractivity contribution in [1.29, 1.82) is 0 Å². The second-order valence-electron chi connectivity index (χ2n) is 9.68. The van der Waals surface area contributed by atoms with Crippen LogP contribution in [0, 0.1) is 25.7 Å². The molecule has 0 bridgehead atoms. The molecule has 1 saturated carbocycles. The molecule has 0 radical (unpaired) electrons. The van der Waals surface area contributed by atoms with Crippen LogP contribution in [0.25, 0.3) is 0 Å². The van der Waals surface area contributed by atoms with Crippen molar-refractivity contribution in [2.24, 2.45) is 11.8 Å². The molecule has 4 atom stereocenters. The Bertz CT molecular complexity index is 1300. The van der Waals surface area contributed by atoms with Crippen LogP contribution in [0.4, 0.5) is 11.4 Å². The summed E-state index contributed by atoms with van der Waals surface area (Å²) in [6.07, 6.45) is -0.348. The number of phenolic OH excluding ortho intramolecular Hbond substituents is 1. The summed E-state index contributed by atoms with van der Waals surface area (Å²) in [6, 6.07) is 20.5. The van der Waals surface area contributed by atoms with Crippen molar-refractivity contribution in [3.63, 3.8) is 0 Å². The molecule has 3 aromatic rings. The summed E-state index contributed by atoms with van der Waals surface area (Å²) >= 11 is 0. The Labute approximate surface area is 210 Å².